The lowest BCUT2D eigenvalue weighted by Gasteiger charge is -2.26. The number of nitrogens with zero attached hydrogens (tertiary/aromatic N) is 1. The molecule has 1 amide bonds. The van der Waals surface area contributed by atoms with E-state index >= 15 is 0 Å². The average molecular weight is 304 g/mol. The third-order valence-electron chi connectivity index (χ3n) is 4.20. The second kappa shape index (κ2) is 7.01. The van der Waals surface area contributed by atoms with Gasteiger partial charge in [-0.1, -0.05) is 12.5 Å². The minimum atomic E-state index is 0.109. The van der Waals surface area contributed by atoms with Crippen molar-refractivity contribution in [3.63, 3.8) is 0 Å². The number of amides is 1. The van der Waals surface area contributed by atoms with Gasteiger partial charge in [0.1, 0.15) is 0 Å². The van der Waals surface area contributed by atoms with Gasteiger partial charge in [-0.3, -0.25) is 9.69 Å². The number of fused-ring (bicyclic) bond motifs is 1. The Morgan fingerprint density at radius 3 is 2.82 bits per heavy atom. The molecule has 1 aromatic rings. The van der Waals surface area contributed by atoms with E-state index in [0.717, 1.165) is 36.6 Å². The van der Waals surface area contributed by atoms with Crippen LogP contribution in [-0.2, 0) is 11.2 Å². The molecule has 1 fully saturated rings. The van der Waals surface area contributed by atoms with Crippen LogP contribution in [0.5, 0.6) is 11.5 Å². The number of hydrogen-bond acceptors (Lipinski definition) is 4. The summed E-state index contributed by atoms with van der Waals surface area (Å²) in [5.74, 6) is 1.71. The number of carbonyl (C=O) groups excluding carboxylic acids is 1. The van der Waals surface area contributed by atoms with Crippen LogP contribution in [0.2, 0.25) is 0 Å². The van der Waals surface area contributed by atoms with Crippen LogP contribution in [0.4, 0.5) is 0 Å². The molecule has 2 heterocycles. The molecule has 0 aliphatic carbocycles. The normalized spacial score (nSPS) is 19.0. The average Bonchev–Trinajstić information content (AvgIpc) is 2.95. The SMILES string of the molecule is CC(Cc1ccc2c(c1)OCO2)NC(=O)CN1CCCCC1. The molecular weight excluding hydrogens is 280 g/mol. The lowest BCUT2D eigenvalue weighted by Crippen LogP contribution is -2.43. The van der Waals surface area contributed by atoms with Crippen LogP contribution in [0.25, 0.3) is 0 Å². The molecule has 3 rings (SSSR count). The zero-order valence-electron chi connectivity index (χ0n) is 13.1. The van der Waals surface area contributed by atoms with Crippen LogP contribution in [0.15, 0.2) is 18.2 Å². The number of nitrogens with one attached hydrogen (secondary N) is 1. The highest BCUT2D eigenvalue weighted by Gasteiger charge is 2.17. The standard InChI is InChI=1S/C17H24N2O3/c1-13(18-17(20)11-19-7-3-2-4-8-19)9-14-5-6-15-16(10-14)22-12-21-15/h5-6,10,13H,2-4,7-9,11-12H2,1H3,(H,18,20). The smallest absolute Gasteiger partial charge is 0.234 e. The first-order valence-corrected chi connectivity index (χ1v) is 8.11. The quantitative estimate of drug-likeness (QED) is 0.903. The third-order valence-corrected chi connectivity index (χ3v) is 4.20. The Kier molecular flexibility index (Phi) is 4.83. The van der Waals surface area contributed by atoms with Crippen LogP contribution in [0.3, 0.4) is 0 Å². The Labute approximate surface area is 131 Å². The molecule has 5 heteroatoms. The first-order valence-electron chi connectivity index (χ1n) is 8.11. The van der Waals surface area contributed by atoms with Gasteiger partial charge in [0, 0.05) is 6.04 Å². The van der Waals surface area contributed by atoms with E-state index in [1.165, 1.54) is 19.3 Å². The summed E-state index contributed by atoms with van der Waals surface area (Å²) in [6, 6.07) is 6.06. The highest BCUT2D eigenvalue weighted by Crippen LogP contribution is 2.32. The molecule has 1 atom stereocenters. The number of likely N-dealkylation sites (tertiary alicyclic amines) is 1. The van der Waals surface area contributed by atoms with Gasteiger partial charge in [-0.2, -0.15) is 0 Å². The van der Waals surface area contributed by atoms with Crippen LogP contribution in [0.1, 0.15) is 31.7 Å². The monoisotopic (exact) mass is 304 g/mol. The van der Waals surface area contributed by atoms with Crippen LogP contribution >= 0.6 is 0 Å². The fourth-order valence-corrected chi connectivity index (χ4v) is 3.11. The molecule has 5 nitrogen and oxygen atoms in total. The van der Waals surface area contributed by atoms with Crippen molar-refractivity contribution < 1.29 is 14.3 Å². The maximum Gasteiger partial charge on any atom is 0.234 e. The summed E-state index contributed by atoms with van der Waals surface area (Å²) >= 11 is 0. The maximum absolute atomic E-state index is 12.1. The van der Waals surface area contributed by atoms with Gasteiger partial charge in [0.15, 0.2) is 11.5 Å². The summed E-state index contributed by atoms with van der Waals surface area (Å²) in [7, 11) is 0. The summed E-state index contributed by atoms with van der Waals surface area (Å²) < 4.78 is 10.7. The van der Waals surface area contributed by atoms with Crippen molar-refractivity contribution in [2.24, 2.45) is 0 Å². The lowest BCUT2D eigenvalue weighted by molar-refractivity contribution is -0.123. The molecule has 1 unspecified atom stereocenters. The van der Waals surface area contributed by atoms with Gasteiger partial charge in [-0.25, -0.2) is 0 Å². The van der Waals surface area contributed by atoms with Gasteiger partial charge >= 0.3 is 0 Å². The molecule has 0 aromatic heterocycles. The van der Waals surface area contributed by atoms with E-state index in [4.69, 9.17) is 9.47 Å². The molecule has 2 aliphatic heterocycles. The summed E-state index contributed by atoms with van der Waals surface area (Å²) in [6.07, 6.45) is 4.50. The van der Waals surface area contributed by atoms with Gasteiger partial charge in [0.25, 0.3) is 0 Å². The molecule has 0 saturated carbocycles. The highest BCUT2D eigenvalue weighted by atomic mass is 16.7. The predicted octanol–water partition coefficient (Wildman–Crippen LogP) is 1.95. The zero-order valence-corrected chi connectivity index (χ0v) is 13.1. The zero-order chi connectivity index (χ0) is 15.4. The number of benzene rings is 1. The van der Waals surface area contributed by atoms with E-state index in [9.17, 15) is 4.79 Å². The van der Waals surface area contributed by atoms with Crippen molar-refractivity contribution in [2.75, 3.05) is 26.4 Å². The topological polar surface area (TPSA) is 50.8 Å². The summed E-state index contributed by atoms with van der Waals surface area (Å²) in [4.78, 5) is 14.3. The maximum atomic E-state index is 12.1. The van der Waals surface area contributed by atoms with E-state index in [1.54, 1.807) is 0 Å². The second-order valence-electron chi connectivity index (χ2n) is 6.20. The van der Waals surface area contributed by atoms with Crippen molar-refractivity contribution in [1.29, 1.82) is 0 Å². The number of rotatable bonds is 5. The Hall–Kier alpha value is -1.75. The Balaban J connectivity index is 1.47. The number of ether oxygens (including phenoxy) is 2. The summed E-state index contributed by atoms with van der Waals surface area (Å²) in [5.41, 5.74) is 1.15. The van der Waals surface area contributed by atoms with Crippen molar-refractivity contribution in [2.45, 2.75) is 38.6 Å². The van der Waals surface area contributed by atoms with E-state index in [1.807, 2.05) is 25.1 Å². The van der Waals surface area contributed by atoms with Crippen molar-refractivity contribution >= 4 is 5.91 Å². The number of carbonyl (C=O) groups is 1. The Morgan fingerprint density at radius 2 is 2.00 bits per heavy atom. The Morgan fingerprint density at radius 1 is 1.23 bits per heavy atom. The fourth-order valence-electron chi connectivity index (χ4n) is 3.11. The molecule has 120 valence electrons. The molecule has 0 spiro atoms. The first kappa shape index (κ1) is 15.2. The van der Waals surface area contributed by atoms with Gasteiger partial charge in [-0.05, 0) is 57.0 Å². The number of hydrogen-bond donors (Lipinski definition) is 1. The predicted molar refractivity (Wildman–Crippen MR) is 84.2 cm³/mol. The van der Waals surface area contributed by atoms with Gasteiger partial charge < -0.3 is 14.8 Å². The summed E-state index contributed by atoms with van der Waals surface area (Å²) in [6.45, 7) is 4.94. The molecule has 1 aromatic carbocycles. The molecule has 22 heavy (non-hydrogen) atoms. The molecule has 0 radical (unpaired) electrons. The largest absolute Gasteiger partial charge is 0.454 e. The minimum absolute atomic E-state index is 0.109. The Bertz CT molecular complexity index is 527. The van der Waals surface area contributed by atoms with Crippen molar-refractivity contribution in [3.05, 3.63) is 23.8 Å². The van der Waals surface area contributed by atoms with E-state index in [2.05, 4.69) is 10.2 Å². The van der Waals surface area contributed by atoms with Crippen LogP contribution in [0, 0.1) is 0 Å². The van der Waals surface area contributed by atoms with E-state index in [0.29, 0.717) is 13.3 Å². The fraction of sp³-hybridized carbons (Fsp3) is 0.588. The molecule has 1 saturated heterocycles. The molecular formula is C17H24N2O3. The van der Waals surface area contributed by atoms with Crippen LogP contribution in [-0.4, -0.2) is 43.3 Å². The van der Waals surface area contributed by atoms with Gasteiger partial charge in [0.05, 0.1) is 6.54 Å². The van der Waals surface area contributed by atoms with Crippen LogP contribution < -0.4 is 14.8 Å². The van der Waals surface area contributed by atoms with Gasteiger partial charge in [-0.15, -0.1) is 0 Å². The molecule has 0 bridgehead atoms. The first-order chi connectivity index (χ1) is 10.7. The van der Waals surface area contributed by atoms with Crippen molar-refractivity contribution in [3.8, 4) is 11.5 Å². The van der Waals surface area contributed by atoms with E-state index < -0.39 is 0 Å². The molecule has 2 aliphatic rings. The lowest BCUT2D eigenvalue weighted by atomic mass is 10.1. The minimum Gasteiger partial charge on any atom is -0.454 e. The molecule has 1 N–H and O–H groups in total. The second-order valence-corrected chi connectivity index (χ2v) is 6.20. The highest BCUT2D eigenvalue weighted by molar-refractivity contribution is 5.78. The van der Waals surface area contributed by atoms with Gasteiger partial charge in [0.2, 0.25) is 12.7 Å². The van der Waals surface area contributed by atoms with Crippen molar-refractivity contribution in [1.82, 2.24) is 10.2 Å². The number of piperidine rings is 1. The third kappa shape index (κ3) is 3.91. The summed E-state index contributed by atoms with van der Waals surface area (Å²) in [5, 5.41) is 3.09. The van der Waals surface area contributed by atoms with E-state index in [-0.39, 0.29) is 11.9 Å².